The van der Waals surface area contributed by atoms with E-state index in [2.05, 4.69) is 10.6 Å². The normalized spacial score (nSPS) is 13.8. The lowest BCUT2D eigenvalue weighted by molar-refractivity contribution is 0.162. The third kappa shape index (κ3) is 11.2. The first-order valence-corrected chi connectivity index (χ1v) is 10.5. The Hall–Kier alpha value is -2.52. The van der Waals surface area contributed by atoms with E-state index in [0.717, 1.165) is 0 Å². The molecule has 2 unspecified atom stereocenters. The summed E-state index contributed by atoms with van der Waals surface area (Å²) in [6, 6.07) is 8.22. The fourth-order valence-electron chi connectivity index (χ4n) is 2.66. The van der Waals surface area contributed by atoms with Crippen molar-refractivity contribution in [2.45, 2.75) is 64.8 Å². The largest absolute Gasteiger partial charge is 0.508 e. The quantitative estimate of drug-likeness (QED) is 0.335. The van der Waals surface area contributed by atoms with Gasteiger partial charge in [0.1, 0.15) is 23.0 Å². The first kappa shape index (κ1) is 27.5. The Balaban J connectivity index is 0.000000320. The third-order valence-electron chi connectivity index (χ3n) is 4.27. The maximum atomic E-state index is 9.85. The topological polar surface area (TPSA) is 145 Å². The Bertz CT molecular complexity index is 747. The molecule has 0 saturated carbocycles. The van der Waals surface area contributed by atoms with Crippen LogP contribution in [0.25, 0.3) is 0 Å². The van der Waals surface area contributed by atoms with Crippen LogP contribution in [0.15, 0.2) is 36.4 Å². The highest BCUT2D eigenvalue weighted by Gasteiger charge is 2.15. The molecule has 0 bridgehead atoms. The van der Waals surface area contributed by atoms with Gasteiger partial charge in [0.25, 0.3) is 0 Å². The first-order valence-electron chi connectivity index (χ1n) is 10.5. The molecule has 0 saturated heterocycles. The number of β-amino-alcohol motifs (C(OH)–C–C–N with tert-alkyl or cyclic N) is 2. The van der Waals surface area contributed by atoms with Gasteiger partial charge in [-0.15, -0.1) is 0 Å². The lowest BCUT2D eigenvalue weighted by atomic mass is 10.1. The number of nitrogens with one attached hydrogen (secondary N) is 2. The molecule has 0 spiro atoms. The minimum atomic E-state index is -0.753. The second-order valence-electron chi connectivity index (χ2n) is 9.86. The molecule has 0 fully saturated rings. The van der Waals surface area contributed by atoms with Crippen molar-refractivity contribution in [3.05, 3.63) is 47.5 Å². The molecule has 0 amide bonds. The Morgan fingerprint density at radius 3 is 1.03 bits per heavy atom. The molecule has 8 nitrogen and oxygen atoms in total. The van der Waals surface area contributed by atoms with Crippen LogP contribution in [0.5, 0.6) is 23.0 Å². The molecule has 0 aliphatic rings. The lowest BCUT2D eigenvalue weighted by Crippen LogP contribution is -2.38. The number of aromatic hydroxyl groups is 4. The third-order valence-corrected chi connectivity index (χ3v) is 4.27. The van der Waals surface area contributed by atoms with Gasteiger partial charge in [-0.3, -0.25) is 0 Å². The Morgan fingerprint density at radius 2 is 0.812 bits per heavy atom. The van der Waals surface area contributed by atoms with Gasteiger partial charge in [0.05, 0.1) is 12.2 Å². The molecule has 0 aliphatic carbocycles. The van der Waals surface area contributed by atoms with Crippen LogP contribution in [0.3, 0.4) is 0 Å². The van der Waals surface area contributed by atoms with Gasteiger partial charge < -0.3 is 41.3 Å². The maximum Gasteiger partial charge on any atom is 0.119 e. The van der Waals surface area contributed by atoms with Gasteiger partial charge in [0.15, 0.2) is 0 Å². The van der Waals surface area contributed by atoms with Crippen molar-refractivity contribution in [1.82, 2.24) is 10.6 Å². The van der Waals surface area contributed by atoms with Gasteiger partial charge in [0.2, 0.25) is 0 Å². The van der Waals surface area contributed by atoms with E-state index in [-0.39, 0.29) is 34.1 Å². The second kappa shape index (κ2) is 11.4. The molecule has 8 N–H and O–H groups in total. The number of rotatable bonds is 6. The van der Waals surface area contributed by atoms with Crippen LogP contribution < -0.4 is 10.6 Å². The number of hydrogen-bond donors (Lipinski definition) is 8. The maximum absolute atomic E-state index is 9.85. The minimum Gasteiger partial charge on any atom is -0.508 e. The van der Waals surface area contributed by atoms with Gasteiger partial charge in [0, 0.05) is 36.3 Å². The minimum absolute atomic E-state index is 0.0511. The molecular formula is C24H38N2O6. The summed E-state index contributed by atoms with van der Waals surface area (Å²) in [6.45, 7) is 12.7. The highest BCUT2D eigenvalue weighted by atomic mass is 16.3. The Labute approximate surface area is 190 Å². The van der Waals surface area contributed by atoms with Crippen molar-refractivity contribution in [3.8, 4) is 23.0 Å². The summed E-state index contributed by atoms with van der Waals surface area (Å²) in [6.07, 6.45) is -1.51. The monoisotopic (exact) mass is 450 g/mol. The van der Waals surface area contributed by atoms with Crippen LogP contribution in [0.1, 0.15) is 64.9 Å². The van der Waals surface area contributed by atoms with Gasteiger partial charge in [-0.25, -0.2) is 0 Å². The number of phenols is 4. The van der Waals surface area contributed by atoms with Crippen LogP contribution in [0.2, 0.25) is 0 Å². The van der Waals surface area contributed by atoms with E-state index >= 15 is 0 Å². The zero-order valence-electron chi connectivity index (χ0n) is 19.7. The van der Waals surface area contributed by atoms with E-state index in [4.69, 9.17) is 0 Å². The highest BCUT2D eigenvalue weighted by Crippen LogP contribution is 2.25. The number of aliphatic hydroxyl groups excluding tert-OH is 2. The zero-order chi connectivity index (χ0) is 24.7. The molecule has 2 aromatic rings. The van der Waals surface area contributed by atoms with Gasteiger partial charge in [-0.1, -0.05) is 0 Å². The molecule has 2 atom stereocenters. The average Bonchev–Trinajstić information content (AvgIpc) is 2.62. The second-order valence-corrected chi connectivity index (χ2v) is 9.86. The molecular weight excluding hydrogens is 412 g/mol. The summed E-state index contributed by atoms with van der Waals surface area (Å²) in [5.41, 5.74) is 0.822. The van der Waals surface area contributed by atoms with E-state index in [0.29, 0.717) is 24.2 Å². The van der Waals surface area contributed by atoms with E-state index in [9.17, 15) is 30.6 Å². The summed E-state index contributed by atoms with van der Waals surface area (Å²) in [4.78, 5) is 0. The van der Waals surface area contributed by atoms with E-state index in [1.54, 1.807) is 0 Å². The van der Waals surface area contributed by atoms with Gasteiger partial charge in [-0.05, 0) is 76.9 Å². The van der Waals surface area contributed by atoms with Crippen molar-refractivity contribution in [3.63, 3.8) is 0 Å². The van der Waals surface area contributed by atoms with Crippen LogP contribution >= 0.6 is 0 Å². The van der Waals surface area contributed by atoms with Crippen LogP contribution in [-0.4, -0.2) is 54.8 Å². The molecule has 0 aliphatic heterocycles. The lowest BCUT2D eigenvalue weighted by Gasteiger charge is -2.23. The van der Waals surface area contributed by atoms with E-state index < -0.39 is 12.2 Å². The Morgan fingerprint density at radius 1 is 0.562 bits per heavy atom. The predicted molar refractivity (Wildman–Crippen MR) is 125 cm³/mol. The molecule has 0 heterocycles. The first-order chi connectivity index (χ1) is 14.6. The van der Waals surface area contributed by atoms with E-state index in [1.165, 1.54) is 36.4 Å². The van der Waals surface area contributed by atoms with Crippen molar-refractivity contribution in [1.29, 1.82) is 0 Å². The number of hydrogen-bond acceptors (Lipinski definition) is 8. The standard InChI is InChI=1S/2C12H19NO3/c2*1-12(2,3)13-7-11(16)8-4-9(14)6-10(15)5-8/h2*4-6,11,13-16H,7H2,1-3H3. The molecule has 2 aromatic carbocycles. The molecule has 0 radical (unpaired) electrons. The van der Waals surface area contributed by atoms with Crippen molar-refractivity contribution in [2.24, 2.45) is 0 Å². The molecule has 8 heteroatoms. The van der Waals surface area contributed by atoms with Crippen molar-refractivity contribution in [2.75, 3.05) is 13.1 Å². The van der Waals surface area contributed by atoms with Gasteiger partial charge >= 0.3 is 0 Å². The zero-order valence-corrected chi connectivity index (χ0v) is 19.7. The van der Waals surface area contributed by atoms with Crippen LogP contribution in [0, 0.1) is 0 Å². The highest BCUT2D eigenvalue weighted by molar-refractivity contribution is 5.38. The average molecular weight is 451 g/mol. The fraction of sp³-hybridized carbons (Fsp3) is 0.500. The molecule has 0 aromatic heterocycles. The molecule has 32 heavy (non-hydrogen) atoms. The number of aliphatic hydroxyl groups is 2. The number of benzene rings is 2. The predicted octanol–water partition coefficient (Wildman–Crippen LogP) is 3.04. The summed E-state index contributed by atoms with van der Waals surface area (Å²) in [5.74, 6) is -0.204. The van der Waals surface area contributed by atoms with E-state index in [1.807, 2.05) is 41.5 Å². The molecule has 180 valence electrons. The molecule has 2 rings (SSSR count). The summed E-state index contributed by atoms with van der Waals surface area (Å²) < 4.78 is 0. The summed E-state index contributed by atoms with van der Waals surface area (Å²) >= 11 is 0. The fourth-order valence-corrected chi connectivity index (χ4v) is 2.66. The van der Waals surface area contributed by atoms with Gasteiger partial charge in [-0.2, -0.15) is 0 Å². The smallest absolute Gasteiger partial charge is 0.119 e. The van der Waals surface area contributed by atoms with Crippen LogP contribution in [0.4, 0.5) is 0 Å². The summed E-state index contributed by atoms with van der Waals surface area (Å²) in [5, 5.41) is 63.1. The number of phenolic OH excluding ortho intramolecular Hbond substituents is 4. The SMILES string of the molecule is CC(C)(C)NCC(O)c1cc(O)cc(O)c1.CC(C)(C)NCC(O)c1cc(O)cc(O)c1. The Kier molecular flexibility index (Phi) is 9.78. The van der Waals surface area contributed by atoms with Crippen LogP contribution in [-0.2, 0) is 0 Å². The summed E-state index contributed by atoms with van der Waals surface area (Å²) in [7, 11) is 0. The van der Waals surface area contributed by atoms with Crippen molar-refractivity contribution >= 4 is 0 Å². The van der Waals surface area contributed by atoms with Crippen molar-refractivity contribution < 1.29 is 30.6 Å².